The van der Waals surface area contributed by atoms with Crippen molar-refractivity contribution in [3.63, 3.8) is 0 Å². The largest absolute Gasteiger partial charge is 0.461 e. The van der Waals surface area contributed by atoms with Crippen molar-refractivity contribution in [1.29, 1.82) is 0 Å². The number of hydrogen-bond acceptors (Lipinski definition) is 3. The topological polar surface area (TPSA) is 68.1 Å². The van der Waals surface area contributed by atoms with Crippen molar-refractivity contribution >= 4 is 125 Å². The second kappa shape index (κ2) is 26.8. The van der Waals surface area contributed by atoms with Gasteiger partial charge in [-0.1, -0.05) is 38.4 Å². The molecule has 0 spiro atoms. The highest BCUT2D eigenvalue weighted by molar-refractivity contribution is 9.10. The molecular formula is C37H37B12BrN2O2. The minimum atomic E-state index is -0.723. The number of aromatic amines is 1. The molecule has 0 amide bonds. The number of rotatable bonds is 6. The predicted octanol–water partition coefficient (Wildman–Crippen LogP) is 4.41. The van der Waals surface area contributed by atoms with Crippen molar-refractivity contribution in [1.82, 2.24) is 4.98 Å². The lowest BCUT2D eigenvalue weighted by Gasteiger charge is -2.29. The van der Waals surface area contributed by atoms with Gasteiger partial charge in [-0.3, -0.25) is 0 Å². The van der Waals surface area contributed by atoms with Gasteiger partial charge in [-0.25, -0.2) is 4.79 Å². The maximum atomic E-state index is 11.7. The molecule has 54 heavy (non-hydrogen) atoms. The average Bonchev–Trinajstić information content (AvgIpc) is 3.88. The maximum absolute atomic E-state index is 11.7. The number of halogens is 1. The van der Waals surface area contributed by atoms with Crippen LogP contribution >= 0.6 is 15.9 Å². The number of aromatic nitrogens is 1. The van der Waals surface area contributed by atoms with Gasteiger partial charge in [0, 0.05) is 107 Å². The number of nitrogens with two attached hydrogens (primary N) is 1. The first kappa shape index (κ1) is 50.0. The number of hydrogen-bond donors (Lipinski definition) is 2. The van der Waals surface area contributed by atoms with Gasteiger partial charge >= 0.3 is 5.97 Å². The van der Waals surface area contributed by atoms with Gasteiger partial charge in [-0.05, 0) is 161 Å². The summed E-state index contributed by atoms with van der Waals surface area (Å²) in [5.74, 6) is -0.268. The average molecular weight is 751 g/mol. The van der Waals surface area contributed by atoms with Gasteiger partial charge in [-0.15, -0.1) is 0 Å². The van der Waals surface area contributed by atoms with Crippen molar-refractivity contribution in [3.05, 3.63) is 133 Å². The fraction of sp³-hybridized carbons (Fsp3) is 0.270. The van der Waals surface area contributed by atoms with Crippen molar-refractivity contribution in [3.8, 4) is 0 Å². The van der Waals surface area contributed by atoms with Crippen LogP contribution < -0.4 is 5.73 Å². The fourth-order valence-corrected chi connectivity index (χ4v) is 6.14. The van der Waals surface area contributed by atoms with Crippen LogP contribution in [0.3, 0.4) is 0 Å². The van der Waals surface area contributed by atoms with E-state index >= 15 is 0 Å². The predicted molar refractivity (Wildman–Crippen MR) is 246 cm³/mol. The minimum Gasteiger partial charge on any atom is -0.461 e. The summed E-state index contributed by atoms with van der Waals surface area (Å²) in [6.45, 7) is 8.78. The molecule has 0 saturated heterocycles. The van der Waals surface area contributed by atoms with E-state index in [0.29, 0.717) is 12.3 Å². The van der Waals surface area contributed by atoms with E-state index in [0.717, 1.165) is 28.5 Å². The zero-order valence-corrected chi connectivity index (χ0v) is 31.0. The van der Waals surface area contributed by atoms with Crippen molar-refractivity contribution in [2.75, 3.05) is 12.3 Å². The van der Waals surface area contributed by atoms with E-state index in [1.54, 1.807) is 0 Å². The van der Waals surface area contributed by atoms with Crippen LogP contribution in [0.25, 0.3) is 10.9 Å². The number of H-pyrrole nitrogens is 1. The highest BCUT2D eigenvalue weighted by atomic mass is 79.9. The molecule has 1 aromatic heterocycles. The highest BCUT2D eigenvalue weighted by Gasteiger charge is 2.30. The summed E-state index contributed by atoms with van der Waals surface area (Å²) < 4.78 is 6.12. The summed E-state index contributed by atoms with van der Waals surface area (Å²) in [6, 6.07) is 10.3. The number of aryl methyl sites for hydroxylation is 3. The fourth-order valence-electron chi connectivity index (χ4n) is 5.55. The quantitative estimate of drug-likeness (QED) is 0.170. The Kier molecular flexibility index (Phi) is 24.8. The molecule has 3 aromatic rings. The minimum absolute atomic E-state index is 0. The van der Waals surface area contributed by atoms with Crippen LogP contribution in [-0.4, -0.2) is 104 Å². The molecule has 1 heterocycles. The summed E-state index contributed by atoms with van der Waals surface area (Å²) in [4.78, 5) is 14.8. The lowest BCUT2D eigenvalue weighted by Crippen LogP contribution is -2.67. The number of carbonyl (C=O) groups is 1. The smallest absolute Gasteiger partial charge is 0.354 e. The Morgan fingerprint density at radius 1 is 0.778 bits per heavy atom. The van der Waals surface area contributed by atoms with Crippen LogP contribution in [0.1, 0.15) is 67.4 Å². The zero-order chi connectivity index (χ0) is 38.6. The molecule has 0 saturated carbocycles. The van der Waals surface area contributed by atoms with Gasteiger partial charge in [-0.2, -0.15) is 0 Å². The summed E-state index contributed by atoms with van der Waals surface area (Å²) in [5.41, 5.74) is 38.4. The van der Waals surface area contributed by atoms with Gasteiger partial charge in [0.25, 0.3) is 0 Å². The summed E-state index contributed by atoms with van der Waals surface area (Å²) in [7, 11) is 37.9. The van der Waals surface area contributed by atoms with Crippen molar-refractivity contribution in [2.24, 2.45) is 0 Å². The number of esters is 1. The van der Waals surface area contributed by atoms with Gasteiger partial charge < -0.3 is 15.5 Å². The summed E-state index contributed by atoms with van der Waals surface area (Å²) >= 11 is 3.51. The lowest BCUT2D eigenvalue weighted by molar-refractivity contribution is 0.0520. The van der Waals surface area contributed by atoms with E-state index in [1.807, 2.05) is 19.1 Å². The molecule has 0 aliphatic heterocycles. The molecule has 14 radical (unpaired) electrons. The molecule has 0 unspecified atom stereocenters. The Hall–Kier alpha value is -3.95. The van der Waals surface area contributed by atoms with Crippen LogP contribution in [0.4, 0.5) is 5.69 Å². The van der Waals surface area contributed by atoms with E-state index in [9.17, 15) is 4.79 Å². The maximum Gasteiger partial charge on any atom is 0.354 e. The monoisotopic (exact) mass is 752 g/mol. The standard InChI is InChI=1S/C14H15NO2.C12H4.C9H10BrN.2CH4.B12/c1-2-17-14(16)13-8-11-10-5-3-4-9(10)6-7-12(11)15-13;1-3-5-7-9-11-12-10-8-6-4-2;10-9-7-3-1-2-6(7)4-5-8(9)11;;;1-8(2)11(7)12(9(3)4)10(5)6/h6-8,15H,2-5H2,1H3;1-2H2;4-5H,1-3,11H2;2*1H4;. The second-order valence-corrected chi connectivity index (χ2v) is 12.4. The Balaban J connectivity index is 0.000000698. The number of carbonyl (C=O) groups excluding carboxylic acids is 1. The molecule has 2 aromatic carbocycles. The van der Waals surface area contributed by atoms with Gasteiger partial charge in [0.15, 0.2) is 0 Å². The molecule has 17 heteroatoms. The Bertz CT molecular complexity index is 2030. The zero-order valence-electron chi connectivity index (χ0n) is 29.5. The molecule has 0 fully saturated rings. The van der Waals surface area contributed by atoms with Gasteiger partial charge in [0.1, 0.15) is 5.69 Å². The first-order valence-electron chi connectivity index (χ1n) is 16.6. The molecule has 4 nitrogen and oxygen atoms in total. The molecule has 250 valence electrons. The number of benzene rings is 2. The number of ether oxygens (including phenoxy) is 1. The number of fused-ring (bicyclic) bond motifs is 4. The van der Waals surface area contributed by atoms with Gasteiger partial charge in [0.2, 0.25) is 0 Å². The van der Waals surface area contributed by atoms with E-state index in [4.69, 9.17) is 64.6 Å². The van der Waals surface area contributed by atoms with E-state index in [1.165, 1.54) is 53.3 Å². The van der Waals surface area contributed by atoms with E-state index < -0.39 is 31.9 Å². The third-order valence-electron chi connectivity index (χ3n) is 8.02. The Labute approximate surface area is 343 Å². The Morgan fingerprint density at radius 2 is 1.26 bits per heavy atom. The number of nitrogens with one attached hydrogen (secondary N) is 1. The summed E-state index contributed by atoms with van der Waals surface area (Å²) in [5, 5.41) is 1.18. The summed E-state index contributed by atoms with van der Waals surface area (Å²) in [6.07, 6.45) is 3.94. The Morgan fingerprint density at radius 3 is 1.72 bits per heavy atom. The molecule has 2 aliphatic carbocycles. The highest BCUT2D eigenvalue weighted by Crippen LogP contribution is 2.33. The normalized spacial score (nSPS) is 10.2. The first-order valence-corrected chi connectivity index (χ1v) is 17.4. The van der Waals surface area contributed by atoms with Crippen LogP contribution in [-0.2, 0) is 30.4 Å². The molecule has 0 bridgehead atoms. The third kappa shape index (κ3) is 15.8. The van der Waals surface area contributed by atoms with Gasteiger partial charge in [0.05, 0.1) is 6.61 Å². The van der Waals surface area contributed by atoms with E-state index in [-0.39, 0.29) is 20.8 Å². The number of anilines is 1. The second-order valence-electron chi connectivity index (χ2n) is 11.6. The molecule has 2 aliphatic rings. The molecule has 3 N–H and O–H groups in total. The van der Waals surface area contributed by atoms with Crippen LogP contribution in [0, 0.1) is 0 Å². The molecular weight excluding hydrogens is 714 g/mol. The van der Waals surface area contributed by atoms with Crippen molar-refractivity contribution < 1.29 is 9.53 Å². The lowest BCUT2D eigenvalue weighted by atomic mass is 8.53. The van der Waals surface area contributed by atoms with E-state index in [2.05, 4.69) is 110 Å². The number of nitrogen functional groups attached to an aromatic ring is 1. The SMILES string of the molecule is C.C.C=C=C=C=C=C=C=C=C=C=C=C.CCOC(=O)c1cc2c3c(ccc2[nH]1)CCC3.Nc1ccc2c(c1Br)CCC2.[B]B([B])B([B])B(B([B])[B])B([B])[B]. The van der Waals surface area contributed by atoms with Crippen LogP contribution in [0.5, 0.6) is 0 Å². The molecule has 5 rings (SSSR count). The van der Waals surface area contributed by atoms with Crippen LogP contribution in [0.2, 0.25) is 0 Å². The van der Waals surface area contributed by atoms with Crippen LogP contribution in [0.15, 0.2) is 105 Å². The molecule has 0 atom stereocenters. The van der Waals surface area contributed by atoms with Crippen molar-refractivity contribution in [2.45, 2.75) is 60.3 Å². The third-order valence-corrected chi connectivity index (χ3v) is 8.95. The first-order chi connectivity index (χ1) is 24.9.